The van der Waals surface area contributed by atoms with Gasteiger partial charge in [-0.15, -0.1) is 0 Å². The maximum absolute atomic E-state index is 11.9. The number of rotatable bonds is 3. The first-order valence-corrected chi connectivity index (χ1v) is 6.62. The standard InChI is InChI=1S/C13H24N2O7/c1-12(2,3)21-10(19)14-15(7-8(16)9(17)18)11(20)22-13(4,5)6/h8,16H,7H2,1-6H3,(H,14,19)(H,17,18). The van der Waals surface area contributed by atoms with Crippen LogP contribution in [0.5, 0.6) is 0 Å². The summed E-state index contributed by atoms with van der Waals surface area (Å²) in [7, 11) is 0. The van der Waals surface area contributed by atoms with Crippen LogP contribution in [-0.4, -0.2) is 57.2 Å². The molecular weight excluding hydrogens is 296 g/mol. The Labute approximate surface area is 129 Å². The second-order valence-electron chi connectivity index (χ2n) is 6.56. The number of ether oxygens (including phenoxy) is 2. The molecule has 0 aliphatic carbocycles. The minimum atomic E-state index is -1.89. The average molecular weight is 320 g/mol. The molecule has 2 amide bonds. The molecule has 0 saturated carbocycles. The Morgan fingerprint density at radius 1 is 1.05 bits per heavy atom. The minimum Gasteiger partial charge on any atom is -0.479 e. The maximum atomic E-state index is 11.9. The van der Waals surface area contributed by atoms with Crippen LogP contribution in [0.2, 0.25) is 0 Å². The second kappa shape index (κ2) is 7.30. The van der Waals surface area contributed by atoms with E-state index >= 15 is 0 Å². The highest BCUT2D eigenvalue weighted by molar-refractivity contribution is 5.76. The molecule has 0 bridgehead atoms. The number of hydrogen-bond donors (Lipinski definition) is 3. The zero-order valence-corrected chi connectivity index (χ0v) is 13.7. The van der Waals surface area contributed by atoms with Gasteiger partial charge < -0.3 is 19.7 Å². The van der Waals surface area contributed by atoms with Gasteiger partial charge in [0.2, 0.25) is 0 Å². The normalized spacial score (nSPS) is 13.0. The van der Waals surface area contributed by atoms with Crippen molar-refractivity contribution in [3.05, 3.63) is 0 Å². The fraction of sp³-hybridized carbons (Fsp3) is 0.769. The van der Waals surface area contributed by atoms with Gasteiger partial charge in [0.05, 0.1) is 6.54 Å². The quantitative estimate of drug-likeness (QED) is 0.665. The first-order chi connectivity index (χ1) is 9.71. The number of amides is 2. The molecule has 0 spiro atoms. The van der Waals surface area contributed by atoms with Gasteiger partial charge >= 0.3 is 18.2 Å². The highest BCUT2D eigenvalue weighted by atomic mass is 16.6. The van der Waals surface area contributed by atoms with Gasteiger partial charge in [0.25, 0.3) is 0 Å². The molecule has 0 heterocycles. The third kappa shape index (κ3) is 9.01. The maximum Gasteiger partial charge on any atom is 0.429 e. The van der Waals surface area contributed by atoms with Gasteiger partial charge in [-0.05, 0) is 41.5 Å². The first-order valence-electron chi connectivity index (χ1n) is 6.62. The third-order valence-corrected chi connectivity index (χ3v) is 1.88. The number of hydrogen-bond acceptors (Lipinski definition) is 6. The fourth-order valence-corrected chi connectivity index (χ4v) is 1.14. The predicted octanol–water partition coefficient (Wildman–Crippen LogP) is 1.11. The molecule has 0 aromatic rings. The molecule has 0 aromatic heterocycles. The highest BCUT2D eigenvalue weighted by Gasteiger charge is 2.29. The fourth-order valence-electron chi connectivity index (χ4n) is 1.14. The molecule has 1 unspecified atom stereocenters. The molecule has 0 aliphatic heterocycles. The number of carbonyl (C=O) groups is 3. The largest absolute Gasteiger partial charge is 0.479 e. The van der Waals surface area contributed by atoms with Crippen molar-refractivity contribution in [2.75, 3.05) is 6.54 Å². The van der Waals surface area contributed by atoms with Crippen molar-refractivity contribution in [1.29, 1.82) is 0 Å². The lowest BCUT2D eigenvalue weighted by molar-refractivity contribution is -0.147. The Morgan fingerprint density at radius 3 is 1.86 bits per heavy atom. The number of aliphatic carboxylic acids is 1. The summed E-state index contributed by atoms with van der Waals surface area (Å²) in [5.41, 5.74) is 0.384. The van der Waals surface area contributed by atoms with Gasteiger partial charge in [-0.3, -0.25) is 0 Å². The van der Waals surface area contributed by atoms with Crippen molar-refractivity contribution in [2.45, 2.75) is 58.8 Å². The smallest absolute Gasteiger partial charge is 0.429 e. The van der Waals surface area contributed by atoms with Crippen molar-refractivity contribution in [2.24, 2.45) is 0 Å². The number of aliphatic hydroxyl groups is 1. The summed E-state index contributed by atoms with van der Waals surface area (Å²) >= 11 is 0. The van der Waals surface area contributed by atoms with Crippen molar-refractivity contribution in [3.63, 3.8) is 0 Å². The van der Waals surface area contributed by atoms with Crippen LogP contribution in [0.4, 0.5) is 9.59 Å². The van der Waals surface area contributed by atoms with Crippen LogP contribution in [0.3, 0.4) is 0 Å². The Balaban J connectivity index is 4.97. The molecule has 1 atom stereocenters. The van der Waals surface area contributed by atoms with E-state index in [2.05, 4.69) is 5.43 Å². The van der Waals surface area contributed by atoms with E-state index in [-0.39, 0.29) is 0 Å². The molecular formula is C13H24N2O7. The number of carbonyl (C=O) groups excluding carboxylic acids is 2. The van der Waals surface area contributed by atoms with E-state index in [9.17, 15) is 19.5 Å². The number of carboxylic acids is 1. The van der Waals surface area contributed by atoms with Crippen molar-refractivity contribution in [1.82, 2.24) is 10.4 Å². The van der Waals surface area contributed by atoms with E-state index in [4.69, 9.17) is 14.6 Å². The molecule has 0 fully saturated rings. The number of aliphatic hydroxyl groups excluding tert-OH is 1. The molecule has 0 aromatic carbocycles. The number of hydrazine groups is 1. The summed E-state index contributed by atoms with van der Waals surface area (Å²) in [5, 5.41) is 18.6. The zero-order valence-electron chi connectivity index (χ0n) is 13.7. The highest BCUT2D eigenvalue weighted by Crippen LogP contribution is 2.11. The van der Waals surface area contributed by atoms with Crippen molar-refractivity contribution in [3.8, 4) is 0 Å². The summed E-state index contributed by atoms with van der Waals surface area (Å²) in [6.45, 7) is 8.98. The molecule has 22 heavy (non-hydrogen) atoms. The lowest BCUT2D eigenvalue weighted by Gasteiger charge is -2.29. The summed E-state index contributed by atoms with van der Waals surface area (Å²) in [6.07, 6.45) is -3.88. The van der Waals surface area contributed by atoms with Crippen LogP contribution >= 0.6 is 0 Å². The molecule has 0 aliphatic rings. The van der Waals surface area contributed by atoms with Gasteiger partial charge in [-0.25, -0.2) is 24.8 Å². The second-order valence-corrected chi connectivity index (χ2v) is 6.56. The lowest BCUT2D eigenvalue weighted by Crippen LogP contribution is -2.53. The molecule has 0 rings (SSSR count). The van der Waals surface area contributed by atoms with E-state index in [1.807, 2.05) is 0 Å². The van der Waals surface area contributed by atoms with Crippen LogP contribution < -0.4 is 5.43 Å². The summed E-state index contributed by atoms with van der Waals surface area (Å²) < 4.78 is 9.99. The van der Waals surface area contributed by atoms with Crippen LogP contribution in [0.1, 0.15) is 41.5 Å². The Kier molecular flexibility index (Phi) is 6.63. The molecule has 0 radical (unpaired) electrons. The first kappa shape index (κ1) is 20.0. The van der Waals surface area contributed by atoms with E-state index in [1.54, 1.807) is 41.5 Å². The molecule has 3 N–H and O–H groups in total. The monoisotopic (exact) mass is 320 g/mol. The minimum absolute atomic E-state index is 0.554. The Hall–Kier alpha value is -2.03. The van der Waals surface area contributed by atoms with E-state index in [1.165, 1.54) is 0 Å². The predicted molar refractivity (Wildman–Crippen MR) is 76.0 cm³/mol. The lowest BCUT2D eigenvalue weighted by atomic mass is 10.2. The zero-order chi connectivity index (χ0) is 17.7. The summed E-state index contributed by atoms with van der Waals surface area (Å²) in [5.74, 6) is -1.54. The Morgan fingerprint density at radius 2 is 1.50 bits per heavy atom. The number of carboxylic acid groups (broad SMARTS) is 1. The topological polar surface area (TPSA) is 125 Å². The summed E-state index contributed by atoms with van der Waals surface area (Å²) in [6, 6.07) is 0. The van der Waals surface area contributed by atoms with E-state index in [0.29, 0.717) is 5.01 Å². The van der Waals surface area contributed by atoms with Gasteiger partial charge in [-0.2, -0.15) is 0 Å². The molecule has 9 heteroatoms. The van der Waals surface area contributed by atoms with E-state index < -0.39 is 42.0 Å². The van der Waals surface area contributed by atoms with Crippen LogP contribution in [0.15, 0.2) is 0 Å². The van der Waals surface area contributed by atoms with Crippen LogP contribution in [-0.2, 0) is 14.3 Å². The van der Waals surface area contributed by atoms with E-state index in [0.717, 1.165) is 0 Å². The molecule has 9 nitrogen and oxygen atoms in total. The number of nitrogens with zero attached hydrogens (tertiary/aromatic N) is 1. The van der Waals surface area contributed by atoms with Crippen LogP contribution in [0.25, 0.3) is 0 Å². The average Bonchev–Trinajstić information content (AvgIpc) is 2.22. The summed E-state index contributed by atoms with van der Waals surface area (Å²) in [4.78, 5) is 34.3. The molecule has 128 valence electrons. The van der Waals surface area contributed by atoms with Crippen LogP contribution in [0, 0.1) is 0 Å². The van der Waals surface area contributed by atoms with Gasteiger partial charge in [0.15, 0.2) is 6.10 Å². The van der Waals surface area contributed by atoms with Gasteiger partial charge in [-0.1, -0.05) is 0 Å². The third-order valence-electron chi connectivity index (χ3n) is 1.88. The number of nitrogens with one attached hydrogen (secondary N) is 1. The molecule has 0 saturated heterocycles. The Bertz CT molecular complexity index is 423. The van der Waals surface area contributed by atoms with Crippen molar-refractivity contribution >= 4 is 18.2 Å². The van der Waals surface area contributed by atoms with Gasteiger partial charge in [0.1, 0.15) is 11.2 Å². The van der Waals surface area contributed by atoms with Gasteiger partial charge in [0, 0.05) is 0 Å². The SMILES string of the molecule is CC(C)(C)OC(=O)NN(CC(O)C(=O)O)C(=O)OC(C)(C)C. The van der Waals surface area contributed by atoms with Crippen molar-refractivity contribution < 1.29 is 34.1 Å².